The summed E-state index contributed by atoms with van der Waals surface area (Å²) in [6.07, 6.45) is 1.05. The zero-order valence-electron chi connectivity index (χ0n) is 9.81. The molecule has 0 aromatic heterocycles. The Hall–Kier alpha value is 0.193. The number of aryl methyl sites for hydroxylation is 1. The first-order chi connectivity index (χ1) is 6.86. The predicted octanol–water partition coefficient (Wildman–Crippen LogP) is -5.62. The maximum atomic E-state index is 3.34. The van der Waals surface area contributed by atoms with Crippen LogP contribution in [0, 0.1) is 13.0 Å². The van der Waals surface area contributed by atoms with Gasteiger partial charge in [-0.2, -0.15) is 23.8 Å². The van der Waals surface area contributed by atoms with Gasteiger partial charge in [0, 0.05) is 0 Å². The first-order valence-corrected chi connectivity index (χ1v) is 4.95. The molecule has 0 radical (unpaired) electrons. The molecule has 0 N–H and O–H groups in total. The van der Waals surface area contributed by atoms with E-state index < -0.39 is 0 Å². The van der Waals surface area contributed by atoms with E-state index in [9.17, 15) is 0 Å². The molecule has 18 heavy (non-hydrogen) atoms. The second-order valence-corrected chi connectivity index (χ2v) is 3.85. The van der Waals surface area contributed by atoms with Crippen molar-refractivity contribution in [2.45, 2.75) is 13.3 Å². The summed E-state index contributed by atoms with van der Waals surface area (Å²) in [5, 5.41) is 0. The smallest absolute Gasteiger partial charge is 1.00 e. The van der Waals surface area contributed by atoms with E-state index in [0.717, 1.165) is 6.42 Å². The standard InChI is InChI=1S/C14H11.3ClH.Zr/c1-10-5-4-7-12-9-11-6-2-3-8-13(11)14(10)12;;;;/h2-6,8H,9H2,1H3;3*1H;/q-1;;;;+4/p-3. The molecule has 0 aliphatic heterocycles. The van der Waals surface area contributed by atoms with Gasteiger partial charge < -0.3 is 37.2 Å². The van der Waals surface area contributed by atoms with E-state index in [1.807, 2.05) is 6.07 Å². The Bertz CT molecular complexity index is 512. The second-order valence-electron chi connectivity index (χ2n) is 3.85. The van der Waals surface area contributed by atoms with Crippen LogP contribution in [0.3, 0.4) is 0 Å². The van der Waals surface area contributed by atoms with Gasteiger partial charge in [0.1, 0.15) is 0 Å². The number of halogens is 3. The molecule has 0 nitrogen and oxygen atoms in total. The van der Waals surface area contributed by atoms with Crippen molar-refractivity contribution in [3.63, 3.8) is 0 Å². The number of benzene rings is 2. The Morgan fingerprint density at radius 3 is 2.39 bits per heavy atom. The van der Waals surface area contributed by atoms with Crippen LogP contribution in [0.4, 0.5) is 0 Å². The van der Waals surface area contributed by atoms with Gasteiger partial charge in [-0.1, -0.05) is 42.3 Å². The van der Waals surface area contributed by atoms with Gasteiger partial charge in [0.2, 0.25) is 0 Å². The van der Waals surface area contributed by atoms with Gasteiger partial charge in [-0.25, -0.2) is 0 Å². The molecule has 0 unspecified atom stereocenters. The van der Waals surface area contributed by atoms with Crippen molar-refractivity contribution in [3.8, 4) is 11.1 Å². The van der Waals surface area contributed by atoms with Crippen LogP contribution in [0.1, 0.15) is 16.7 Å². The van der Waals surface area contributed by atoms with E-state index >= 15 is 0 Å². The van der Waals surface area contributed by atoms with Gasteiger partial charge in [-0.05, 0) is 6.42 Å². The minimum atomic E-state index is 0. The number of hydrogen-bond donors (Lipinski definition) is 0. The summed E-state index contributed by atoms with van der Waals surface area (Å²) >= 11 is 0. The maximum Gasteiger partial charge on any atom is 4.00 e. The van der Waals surface area contributed by atoms with Crippen LogP contribution in [-0.4, -0.2) is 0 Å². The third-order valence-electron chi connectivity index (χ3n) is 2.94. The minimum Gasteiger partial charge on any atom is -1.00 e. The zero-order chi connectivity index (χ0) is 9.54. The molecule has 0 spiro atoms. The molecule has 2 aromatic rings. The monoisotopic (exact) mass is 374 g/mol. The molecule has 1 aliphatic carbocycles. The third-order valence-corrected chi connectivity index (χ3v) is 2.94. The molecule has 92 valence electrons. The Morgan fingerprint density at radius 2 is 1.67 bits per heavy atom. The summed E-state index contributed by atoms with van der Waals surface area (Å²) in [6, 6.07) is 16.1. The van der Waals surface area contributed by atoms with Crippen molar-refractivity contribution in [2.75, 3.05) is 0 Å². The molecular weight excluding hydrogens is 366 g/mol. The average molecular weight is 377 g/mol. The van der Waals surface area contributed by atoms with Gasteiger partial charge in [-0.3, -0.25) is 0 Å². The van der Waals surface area contributed by atoms with E-state index in [1.54, 1.807) is 0 Å². The predicted molar refractivity (Wildman–Crippen MR) is 58.3 cm³/mol. The molecule has 2 aromatic carbocycles. The SMILES string of the molecule is Cc1cc[c-]c2c1-c1ccccc1C2.[Cl-].[Cl-].[Cl-].[Zr+4]. The Morgan fingerprint density at radius 1 is 1.00 bits per heavy atom. The zero-order valence-corrected chi connectivity index (χ0v) is 14.5. The fraction of sp³-hybridized carbons (Fsp3) is 0.143. The second kappa shape index (κ2) is 8.38. The van der Waals surface area contributed by atoms with Gasteiger partial charge >= 0.3 is 26.2 Å². The topological polar surface area (TPSA) is 0 Å². The van der Waals surface area contributed by atoms with Crippen LogP contribution >= 0.6 is 0 Å². The number of fused-ring (bicyclic) bond motifs is 3. The van der Waals surface area contributed by atoms with Crippen molar-refractivity contribution in [3.05, 3.63) is 59.2 Å². The molecule has 3 rings (SSSR count). The van der Waals surface area contributed by atoms with Crippen LogP contribution in [0.2, 0.25) is 0 Å². The largest absolute Gasteiger partial charge is 4.00 e. The molecule has 0 bridgehead atoms. The number of rotatable bonds is 0. The summed E-state index contributed by atoms with van der Waals surface area (Å²) in [7, 11) is 0. The van der Waals surface area contributed by atoms with Gasteiger partial charge in [-0.15, -0.1) is 11.1 Å². The maximum absolute atomic E-state index is 3.34. The quantitative estimate of drug-likeness (QED) is 0.343. The molecule has 0 atom stereocenters. The Balaban J connectivity index is 0. The van der Waals surface area contributed by atoms with Gasteiger partial charge in [0.15, 0.2) is 0 Å². The van der Waals surface area contributed by atoms with Crippen LogP contribution in [0.25, 0.3) is 11.1 Å². The third kappa shape index (κ3) is 3.39. The van der Waals surface area contributed by atoms with E-state index in [1.165, 1.54) is 27.8 Å². The first-order valence-electron chi connectivity index (χ1n) is 4.95. The van der Waals surface area contributed by atoms with Crippen molar-refractivity contribution in [2.24, 2.45) is 0 Å². The summed E-state index contributed by atoms with van der Waals surface area (Å²) < 4.78 is 0. The number of hydrogen-bond acceptors (Lipinski definition) is 0. The average Bonchev–Trinajstić information content (AvgIpc) is 2.57. The van der Waals surface area contributed by atoms with E-state index in [4.69, 9.17) is 0 Å². The molecule has 0 fully saturated rings. The summed E-state index contributed by atoms with van der Waals surface area (Å²) in [4.78, 5) is 0. The summed E-state index contributed by atoms with van der Waals surface area (Å²) in [5.74, 6) is 0. The fourth-order valence-electron chi connectivity index (χ4n) is 2.28. The molecule has 1 aliphatic rings. The summed E-state index contributed by atoms with van der Waals surface area (Å²) in [6.45, 7) is 2.18. The molecule has 0 amide bonds. The van der Waals surface area contributed by atoms with Crippen LogP contribution in [-0.2, 0) is 32.6 Å². The molecule has 0 heterocycles. The Kier molecular flexibility index (Phi) is 9.55. The minimum absolute atomic E-state index is 0. The van der Waals surface area contributed by atoms with E-state index in [2.05, 4.69) is 43.3 Å². The molecule has 0 saturated carbocycles. The molecule has 0 saturated heterocycles. The van der Waals surface area contributed by atoms with Crippen molar-refractivity contribution in [1.29, 1.82) is 0 Å². The van der Waals surface area contributed by atoms with Crippen LogP contribution in [0.15, 0.2) is 36.4 Å². The van der Waals surface area contributed by atoms with Crippen LogP contribution < -0.4 is 37.2 Å². The Labute approximate surface area is 146 Å². The van der Waals surface area contributed by atoms with Gasteiger partial charge in [0.25, 0.3) is 0 Å². The van der Waals surface area contributed by atoms with Crippen LogP contribution in [0.5, 0.6) is 0 Å². The van der Waals surface area contributed by atoms with Gasteiger partial charge in [0.05, 0.1) is 0 Å². The normalized spacial score (nSPS) is 9.61. The summed E-state index contributed by atoms with van der Waals surface area (Å²) in [5.41, 5.74) is 6.96. The van der Waals surface area contributed by atoms with E-state index in [0.29, 0.717) is 0 Å². The van der Waals surface area contributed by atoms with E-state index in [-0.39, 0.29) is 63.4 Å². The van der Waals surface area contributed by atoms with Crippen molar-refractivity contribution in [1.82, 2.24) is 0 Å². The van der Waals surface area contributed by atoms with Crippen molar-refractivity contribution < 1.29 is 63.4 Å². The fourth-order valence-corrected chi connectivity index (χ4v) is 2.28. The van der Waals surface area contributed by atoms with Crippen molar-refractivity contribution >= 4 is 0 Å². The molecular formula is C14H11Cl3Zr. The molecule has 4 heteroatoms. The first kappa shape index (κ1) is 20.5.